The Kier molecular flexibility index (Phi) is 8.91. The lowest BCUT2D eigenvalue weighted by Crippen LogP contribution is -2.56. The molecule has 2 atom stereocenters. The van der Waals surface area contributed by atoms with Crippen molar-refractivity contribution in [2.45, 2.75) is 56.1 Å². The lowest BCUT2D eigenvalue weighted by atomic mass is 10.0. The van der Waals surface area contributed by atoms with E-state index in [1.54, 1.807) is 16.7 Å². The van der Waals surface area contributed by atoms with E-state index in [0.717, 1.165) is 41.4 Å². The number of rotatable bonds is 7. The number of hydrogen-bond acceptors (Lipinski definition) is 9. The fourth-order valence-electron chi connectivity index (χ4n) is 5.61. The molecule has 11 nitrogen and oxygen atoms in total. The first kappa shape index (κ1) is 28.0. The highest BCUT2D eigenvalue weighted by Crippen LogP contribution is 2.32. The topological polar surface area (TPSA) is 126 Å². The molecule has 0 bridgehead atoms. The summed E-state index contributed by atoms with van der Waals surface area (Å²) in [5.74, 6) is 1.66. The van der Waals surface area contributed by atoms with Crippen molar-refractivity contribution in [2.75, 3.05) is 50.4 Å². The molecule has 2 saturated heterocycles. The summed E-state index contributed by atoms with van der Waals surface area (Å²) in [6, 6.07) is 11.9. The number of amides is 2. The number of aromatic nitrogens is 2. The molecule has 0 aliphatic carbocycles. The zero-order chi connectivity index (χ0) is 28.1. The van der Waals surface area contributed by atoms with Crippen molar-refractivity contribution in [1.82, 2.24) is 24.7 Å². The fraction of sp³-hybridized carbons (Fsp3) is 0.536. The molecule has 3 aliphatic heterocycles. The summed E-state index contributed by atoms with van der Waals surface area (Å²) in [5, 5.41) is 19.8. The van der Waals surface area contributed by atoms with Crippen LogP contribution in [0.25, 0.3) is 0 Å². The number of carbonyl (C=O) groups excluding carboxylic acids is 1. The van der Waals surface area contributed by atoms with Crippen molar-refractivity contribution < 1.29 is 19.4 Å². The second kappa shape index (κ2) is 12.7. The number of carboxylic acid groups (broad SMARTS) is 1. The molecule has 40 heavy (non-hydrogen) atoms. The quantitative estimate of drug-likeness (QED) is 0.394. The van der Waals surface area contributed by atoms with Gasteiger partial charge in [-0.25, -0.2) is 19.6 Å². The molecule has 0 saturated carbocycles. The molecular formula is C28H35N7O4S. The Balaban J connectivity index is 1.34. The van der Waals surface area contributed by atoms with E-state index in [0.29, 0.717) is 43.8 Å². The van der Waals surface area contributed by atoms with Crippen LogP contribution >= 0.6 is 11.8 Å². The third kappa shape index (κ3) is 6.42. The number of ether oxygens (including phenoxy) is 1. The van der Waals surface area contributed by atoms with E-state index in [9.17, 15) is 20.0 Å². The number of fused-ring (bicyclic) bond motifs is 1. The van der Waals surface area contributed by atoms with Crippen molar-refractivity contribution in [3.05, 3.63) is 47.2 Å². The van der Waals surface area contributed by atoms with Crippen molar-refractivity contribution in [1.29, 1.82) is 5.26 Å². The van der Waals surface area contributed by atoms with Crippen LogP contribution in [0.15, 0.2) is 35.5 Å². The fourth-order valence-corrected chi connectivity index (χ4v) is 6.70. The highest BCUT2D eigenvalue weighted by atomic mass is 32.2. The molecular weight excluding hydrogens is 530 g/mol. The maximum Gasteiger partial charge on any atom is 0.410 e. The Bertz CT molecular complexity index is 1260. The zero-order valence-electron chi connectivity index (χ0n) is 22.7. The lowest BCUT2D eigenvalue weighted by Gasteiger charge is -2.41. The molecule has 1 N–H and O–H groups in total. The summed E-state index contributed by atoms with van der Waals surface area (Å²) in [5.41, 5.74) is 2.60. The van der Waals surface area contributed by atoms with Gasteiger partial charge in [-0.05, 0) is 38.4 Å². The first-order chi connectivity index (χ1) is 19.4. The molecule has 2 amide bonds. The van der Waals surface area contributed by atoms with Crippen LogP contribution in [0.4, 0.5) is 15.4 Å². The molecule has 2 fully saturated rings. The molecule has 1 aromatic carbocycles. The predicted molar refractivity (Wildman–Crippen MR) is 150 cm³/mol. The number of anilines is 1. The molecule has 12 heteroatoms. The summed E-state index contributed by atoms with van der Waals surface area (Å²) in [6.07, 6.45) is 1.64. The highest BCUT2D eigenvalue weighted by Gasteiger charge is 2.35. The molecule has 4 heterocycles. The van der Waals surface area contributed by atoms with Gasteiger partial charge in [-0.2, -0.15) is 5.26 Å². The summed E-state index contributed by atoms with van der Waals surface area (Å²) in [7, 11) is 2.14. The van der Waals surface area contributed by atoms with Crippen LogP contribution in [0.2, 0.25) is 0 Å². The van der Waals surface area contributed by atoms with Crippen LogP contribution in [0, 0.1) is 11.3 Å². The van der Waals surface area contributed by atoms with Gasteiger partial charge in [0.05, 0.1) is 30.8 Å². The average molecular weight is 566 g/mol. The number of hydrogen-bond donors (Lipinski definition) is 1. The molecule has 212 valence electrons. The van der Waals surface area contributed by atoms with Gasteiger partial charge in [0, 0.05) is 43.5 Å². The van der Waals surface area contributed by atoms with E-state index in [2.05, 4.69) is 22.9 Å². The summed E-state index contributed by atoms with van der Waals surface area (Å²) in [6.45, 7) is 3.24. The zero-order valence-corrected chi connectivity index (χ0v) is 23.6. The number of thioether (sulfide) groups is 1. The second-order valence-corrected chi connectivity index (χ2v) is 11.5. The maximum absolute atomic E-state index is 13.0. The van der Waals surface area contributed by atoms with Gasteiger partial charge in [0.1, 0.15) is 12.4 Å². The first-order valence-corrected chi connectivity index (χ1v) is 14.7. The average Bonchev–Trinajstić information content (AvgIpc) is 3.39. The molecule has 3 aliphatic rings. The van der Waals surface area contributed by atoms with Crippen LogP contribution in [0.1, 0.15) is 36.1 Å². The highest BCUT2D eigenvalue weighted by molar-refractivity contribution is 7.99. The number of benzene rings is 1. The van der Waals surface area contributed by atoms with Crippen LogP contribution in [0.3, 0.4) is 0 Å². The summed E-state index contributed by atoms with van der Waals surface area (Å²) >= 11 is 1.61. The SMILES string of the molecule is CN1CCC[C@H]1CSc1nc2c(c(N3CCN(C(=O)OCc4ccccc4)[C@@H](CC#N)C3)n1)CCN(C(=O)O)C2. The van der Waals surface area contributed by atoms with Gasteiger partial charge in [0.2, 0.25) is 0 Å². The van der Waals surface area contributed by atoms with E-state index in [-0.39, 0.29) is 25.6 Å². The van der Waals surface area contributed by atoms with E-state index in [4.69, 9.17) is 14.7 Å². The Morgan fingerprint density at radius 1 is 1.15 bits per heavy atom. The second-order valence-electron chi connectivity index (χ2n) is 10.5. The molecule has 0 spiro atoms. The van der Waals surface area contributed by atoms with Gasteiger partial charge in [-0.15, -0.1) is 0 Å². The summed E-state index contributed by atoms with van der Waals surface area (Å²) < 4.78 is 5.58. The molecule has 1 aromatic heterocycles. The van der Waals surface area contributed by atoms with Gasteiger partial charge in [-0.3, -0.25) is 0 Å². The largest absolute Gasteiger partial charge is 0.465 e. The Morgan fingerprint density at radius 3 is 2.70 bits per heavy atom. The minimum atomic E-state index is -0.954. The number of piperazine rings is 1. The van der Waals surface area contributed by atoms with Gasteiger partial charge >= 0.3 is 12.2 Å². The minimum absolute atomic E-state index is 0.173. The normalized spacial score (nSPS) is 21.1. The van der Waals surface area contributed by atoms with E-state index in [1.165, 1.54) is 11.3 Å². The van der Waals surface area contributed by atoms with Crippen LogP contribution in [0.5, 0.6) is 0 Å². The van der Waals surface area contributed by atoms with Gasteiger partial charge in [-0.1, -0.05) is 42.1 Å². The lowest BCUT2D eigenvalue weighted by molar-refractivity contribution is 0.0767. The maximum atomic E-state index is 13.0. The Morgan fingerprint density at radius 2 is 1.98 bits per heavy atom. The molecule has 5 rings (SSSR count). The number of nitrogens with zero attached hydrogens (tertiary/aromatic N) is 7. The van der Waals surface area contributed by atoms with E-state index in [1.807, 2.05) is 30.3 Å². The third-order valence-corrected chi connectivity index (χ3v) is 8.91. The number of carbonyl (C=O) groups is 2. The standard InChI is InChI=1S/C28H35N7O4S/c1-32-12-5-8-22(32)19-40-26-30-24-17-34(27(36)37)13-10-23(24)25(31-26)33-14-15-35(21(16-33)9-11-29)28(38)39-18-20-6-3-2-4-7-20/h2-4,6-7,21-22H,5,8-10,12-19H2,1H3,(H,36,37)/t21-,22-/m0/s1. The first-order valence-electron chi connectivity index (χ1n) is 13.7. The monoisotopic (exact) mass is 565 g/mol. The van der Waals surface area contributed by atoms with Crippen LogP contribution in [-0.4, -0.2) is 99.6 Å². The van der Waals surface area contributed by atoms with Crippen LogP contribution in [-0.2, 0) is 24.3 Å². The minimum Gasteiger partial charge on any atom is -0.465 e. The summed E-state index contributed by atoms with van der Waals surface area (Å²) in [4.78, 5) is 42.0. The third-order valence-electron chi connectivity index (χ3n) is 7.92. The Hall–Kier alpha value is -3.56. The molecule has 2 aromatic rings. The predicted octanol–water partition coefficient (Wildman–Crippen LogP) is 3.44. The van der Waals surface area contributed by atoms with Crippen LogP contribution < -0.4 is 4.90 Å². The van der Waals surface area contributed by atoms with Gasteiger partial charge < -0.3 is 29.4 Å². The molecule has 0 radical (unpaired) electrons. The van der Waals surface area contributed by atoms with Gasteiger partial charge in [0.25, 0.3) is 0 Å². The van der Waals surface area contributed by atoms with E-state index < -0.39 is 12.2 Å². The smallest absolute Gasteiger partial charge is 0.410 e. The van der Waals surface area contributed by atoms with Gasteiger partial charge in [0.15, 0.2) is 5.16 Å². The van der Waals surface area contributed by atoms with Crippen molar-refractivity contribution >= 4 is 29.8 Å². The van der Waals surface area contributed by atoms with Crippen molar-refractivity contribution in [2.24, 2.45) is 0 Å². The number of nitriles is 1. The Labute approximate surface area is 238 Å². The van der Waals surface area contributed by atoms with E-state index >= 15 is 0 Å². The molecule has 0 unspecified atom stereocenters. The van der Waals surface area contributed by atoms with Crippen molar-refractivity contribution in [3.8, 4) is 6.07 Å². The number of likely N-dealkylation sites (tertiary alicyclic amines) is 1. The van der Waals surface area contributed by atoms with Crippen molar-refractivity contribution in [3.63, 3.8) is 0 Å².